The molecule has 2 N–H and O–H groups in total. The lowest BCUT2D eigenvalue weighted by molar-refractivity contribution is 0.244. The molecule has 4 rings (SSSR count). The van der Waals surface area contributed by atoms with Gasteiger partial charge in [-0.2, -0.15) is 0 Å². The van der Waals surface area contributed by atoms with Gasteiger partial charge in [0.2, 0.25) is 0 Å². The summed E-state index contributed by atoms with van der Waals surface area (Å²) in [6, 6.07) is 5.58. The van der Waals surface area contributed by atoms with E-state index in [4.69, 9.17) is 16.3 Å². The molecule has 3 aromatic rings. The minimum atomic E-state index is 0.0761. The predicted molar refractivity (Wildman–Crippen MR) is 101 cm³/mol. The van der Waals surface area contributed by atoms with Crippen LogP contribution in [0.25, 0.3) is 11.0 Å². The van der Waals surface area contributed by atoms with E-state index in [1.54, 1.807) is 6.33 Å². The number of aromatic nitrogens is 3. The highest BCUT2D eigenvalue weighted by Crippen LogP contribution is 2.36. The van der Waals surface area contributed by atoms with E-state index in [0.717, 1.165) is 41.1 Å². The summed E-state index contributed by atoms with van der Waals surface area (Å²) in [5.74, 6) is 1.55. The number of anilines is 2. The number of rotatable bonds is 4. The number of aryl methyl sites for hydroxylation is 2. The minimum Gasteiger partial charge on any atom is -0.489 e. The van der Waals surface area contributed by atoms with E-state index in [9.17, 15) is 0 Å². The van der Waals surface area contributed by atoms with E-state index in [1.807, 2.05) is 32.0 Å². The molecule has 1 aliphatic carbocycles. The molecule has 0 amide bonds. The zero-order valence-corrected chi connectivity index (χ0v) is 15.2. The topological polar surface area (TPSA) is 62.8 Å². The Balaban J connectivity index is 1.79. The second-order valence-electron chi connectivity index (χ2n) is 6.67. The van der Waals surface area contributed by atoms with E-state index in [1.165, 1.54) is 24.1 Å². The number of nitrogens with one attached hydrogen (secondary N) is 2. The molecule has 0 bridgehead atoms. The highest BCUT2D eigenvalue weighted by molar-refractivity contribution is 6.31. The first kappa shape index (κ1) is 16.2. The van der Waals surface area contributed by atoms with Crippen LogP contribution in [0.5, 0.6) is 5.75 Å². The van der Waals surface area contributed by atoms with Crippen LogP contribution in [0.1, 0.15) is 37.9 Å². The zero-order valence-electron chi connectivity index (χ0n) is 14.4. The zero-order chi connectivity index (χ0) is 17.4. The molecule has 2 heterocycles. The molecule has 0 fully saturated rings. The van der Waals surface area contributed by atoms with Crippen molar-refractivity contribution in [3.8, 4) is 5.75 Å². The van der Waals surface area contributed by atoms with Crippen molar-refractivity contribution in [1.29, 1.82) is 0 Å². The number of hydrogen-bond acceptors (Lipinski definition) is 4. The van der Waals surface area contributed by atoms with Crippen LogP contribution in [-0.2, 0) is 12.8 Å². The van der Waals surface area contributed by atoms with Gasteiger partial charge in [-0.1, -0.05) is 11.6 Å². The molecule has 0 radical (unpaired) electrons. The Morgan fingerprint density at radius 2 is 2.04 bits per heavy atom. The first-order valence-corrected chi connectivity index (χ1v) is 9.07. The Kier molecular flexibility index (Phi) is 4.25. The summed E-state index contributed by atoms with van der Waals surface area (Å²) >= 11 is 6.20. The van der Waals surface area contributed by atoms with Gasteiger partial charge in [0, 0.05) is 10.7 Å². The molecule has 0 saturated carbocycles. The number of nitrogens with zero attached hydrogens (tertiary/aromatic N) is 2. The quantitative estimate of drug-likeness (QED) is 0.688. The van der Waals surface area contributed by atoms with Crippen molar-refractivity contribution in [1.82, 2.24) is 15.0 Å². The number of benzene rings is 1. The van der Waals surface area contributed by atoms with E-state index in [2.05, 4.69) is 20.3 Å². The van der Waals surface area contributed by atoms with Crippen molar-refractivity contribution in [2.24, 2.45) is 0 Å². The SMILES string of the molecule is CC(C)Oc1ccc(Cl)cc1Nc1ncnc2[nH]c3c(c12)CCCC3. The van der Waals surface area contributed by atoms with Gasteiger partial charge in [-0.05, 0) is 63.3 Å². The number of aromatic amines is 1. The fourth-order valence-corrected chi connectivity index (χ4v) is 3.58. The minimum absolute atomic E-state index is 0.0761. The Labute approximate surface area is 151 Å². The van der Waals surface area contributed by atoms with Crippen LogP contribution in [0.15, 0.2) is 24.5 Å². The maximum atomic E-state index is 6.20. The molecular formula is C19H21ClN4O. The van der Waals surface area contributed by atoms with E-state index >= 15 is 0 Å². The van der Waals surface area contributed by atoms with Crippen molar-refractivity contribution in [2.75, 3.05) is 5.32 Å². The Bertz CT molecular complexity index is 919. The van der Waals surface area contributed by atoms with Crippen LogP contribution in [-0.4, -0.2) is 21.1 Å². The Hall–Kier alpha value is -2.27. The van der Waals surface area contributed by atoms with Gasteiger partial charge in [-0.15, -0.1) is 0 Å². The van der Waals surface area contributed by atoms with Gasteiger partial charge in [0.05, 0.1) is 17.2 Å². The lowest BCUT2D eigenvalue weighted by atomic mass is 9.96. The van der Waals surface area contributed by atoms with Crippen molar-refractivity contribution in [3.05, 3.63) is 40.8 Å². The third-order valence-corrected chi connectivity index (χ3v) is 4.68. The summed E-state index contributed by atoms with van der Waals surface area (Å²) in [6.45, 7) is 4.01. The highest BCUT2D eigenvalue weighted by Gasteiger charge is 2.20. The molecule has 0 atom stereocenters. The normalized spacial score (nSPS) is 13.9. The number of H-pyrrole nitrogens is 1. The molecule has 130 valence electrons. The molecule has 2 aromatic heterocycles. The first-order valence-electron chi connectivity index (χ1n) is 8.69. The van der Waals surface area contributed by atoms with Crippen LogP contribution >= 0.6 is 11.6 Å². The average Bonchev–Trinajstić information content (AvgIpc) is 2.96. The second kappa shape index (κ2) is 6.56. The molecule has 0 aliphatic heterocycles. The van der Waals surface area contributed by atoms with E-state index < -0.39 is 0 Å². The molecule has 6 heteroatoms. The summed E-state index contributed by atoms with van der Waals surface area (Å²) in [5, 5.41) is 5.15. The van der Waals surface area contributed by atoms with Crippen LogP contribution in [0, 0.1) is 0 Å². The number of ether oxygens (including phenoxy) is 1. The average molecular weight is 357 g/mol. The van der Waals surface area contributed by atoms with Crippen LogP contribution in [0.4, 0.5) is 11.5 Å². The van der Waals surface area contributed by atoms with E-state index in [0.29, 0.717) is 5.02 Å². The monoisotopic (exact) mass is 356 g/mol. The Morgan fingerprint density at radius 3 is 2.88 bits per heavy atom. The standard InChI is InChI=1S/C19H21ClN4O/c1-11(2)25-16-8-7-12(20)9-15(16)24-19-17-13-5-3-4-6-14(13)23-18(17)21-10-22-19/h7-11H,3-6H2,1-2H3,(H2,21,22,23,24). The van der Waals surface area contributed by atoms with Gasteiger partial charge in [0.1, 0.15) is 23.5 Å². The molecule has 0 unspecified atom stereocenters. The largest absolute Gasteiger partial charge is 0.489 e. The summed E-state index contributed by atoms with van der Waals surface area (Å²) in [6.07, 6.45) is 6.21. The number of hydrogen-bond donors (Lipinski definition) is 2. The third kappa shape index (κ3) is 3.16. The molecule has 5 nitrogen and oxygen atoms in total. The van der Waals surface area contributed by atoms with E-state index in [-0.39, 0.29) is 6.10 Å². The van der Waals surface area contributed by atoms with Gasteiger partial charge in [0.15, 0.2) is 0 Å². The predicted octanol–water partition coefficient (Wildman–Crippen LogP) is 5.02. The molecule has 1 aromatic carbocycles. The first-order chi connectivity index (χ1) is 12.1. The fraction of sp³-hybridized carbons (Fsp3) is 0.368. The summed E-state index contributed by atoms with van der Waals surface area (Å²) in [4.78, 5) is 12.4. The van der Waals surface area contributed by atoms with Gasteiger partial charge >= 0.3 is 0 Å². The second-order valence-corrected chi connectivity index (χ2v) is 7.10. The fourth-order valence-electron chi connectivity index (χ4n) is 3.41. The van der Waals surface area contributed by atoms with Crippen molar-refractivity contribution >= 4 is 34.1 Å². The molecule has 0 saturated heterocycles. The summed E-state index contributed by atoms with van der Waals surface area (Å²) in [7, 11) is 0. The highest BCUT2D eigenvalue weighted by atomic mass is 35.5. The van der Waals surface area contributed by atoms with Gasteiger partial charge in [-0.25, -0.2) is 9.97 Å². The molecule has 1 aliphatic rings. The van der Waals surface area contributed by atoms with Crippen LogP contribution in [0.3, 0.4) is 0 Å². The third-order valence-electron chi connectivity index (χ3n) is 4.44. The molecular weight excluding hydrogens is 336 g/mol. The summed E-state index contributed by atoms with van der Waals surface area (Å²) in [5.41, 5.74) is 4.32. The van der Waals surface area contributed by atoms with Crippen molar-refractivity contribution in [3.63, 3.8) is 0 Å². The summed E-state index contributed by atoms with van der Waals surface area (Å²) < 4.78 is 5.91. The van der Waals surface area contributed by atoms with Crippen molar-refractivity contribution < 1.29 is 4.74 Å². The Morgan fingerprint density at radius 1 is 1.20 bits per heavy atom. The maximum Gasteiger partial charge on any atom is 0.143 e. The van der Waals surface area contributed by atoms with Crippen LogP contribution in [0.2, 0.25) is 5.02 Å². The number of fused-ring (bicyclic) bond motifs is 3. The molecule has 25 heavy (non-hydrogen) atoms. The number of halogens is 1. The van der Waals surface area contributed by atoms with Crippen LogP contribution < -0.4 is 10.1 Å². The van der Waals surface area contributed by atoms with Crippen molar-refractivity contribution in [2.45, 2.75) is 45.6 Å². The lowest BCUT2D eigenvalue weighted by Crippen LogP contribution is -2.08. The maximum absolute atomic E-state index is 6.20. The van der Waals surface area contributed by atoms with Gasteiger partial charge in [0.25, 0.3) is 0 Å². The molecule has 0 spiro atoms. The van der Waals surface area contributed by atoms with Gasteiger partial charge < -0.3 is 15.0 Å². The lowest BCUT2D eigenvalue weighted by Gasteiger charge is -2.16. The van der Waals surface area contributed by atoms with Gasteiger partial charge in [-0.3, -0.25) is 0 Å². The smallest absolute Gasteiger partial charge is 0.143 e.